The third-order valence-corrected chi connectivity index (χ3v) is 2.04. The average Bonchev–Trinajstić information content (AvgIpc) is 2.09. The van der Waals surface area contributed by atoms with Crippen molar-refractivity contribution in [2.24, 2.45) is 0 Å². The first-order chi connectivity index (χ1) is 6.54. The number of pyridine rings is 1. The van der Waals surface area contributed by atoms with E-state index in [2.05, 4.69) is 5.32 Å². The van der Waals surface area contributed by atoms with E-state index < -0.39 is 0 Å². The summed E-state index contributed by atoms with van der Waals surface area (Å²) < 4.78 is 1.59. The van der Waals surface area contributed by atoms with Gasteiger partial charge in [0.05, 0.1) is 5.02 Å². The number of hydrogen-bond donors (Lipinski definition) is 1. The van der Waals surface area contributed by atoms with Crippen LogP contribution in [0, 0.1) is 0 Å². The Bertz CT molecular complexity index is 371. The number of hydrogen-bond acceptors (Lipinski definition) is 2. The molecule has 0 aromatic carbocycles. The van der Waals surface area contributed by atoms with Gasteiger partial charge < -0.3 is 9.88 Å². The molecule has 0 saturated heterocycles. The maximum atomic E-state index is 11.7. The lowest BCUT2D eigenvalue weighted by molar-refractivity contribution is 0.725. The van der Waals surface area contributed by atoms with Crippen molar-refractivity contribution in [2.45, 2.75) is 33.4 Å². The molecule has 0 aliphatic heterocycles. The van der Waals surface area contributed by atoms with E-state index in [1.807, 2.05) is 20.8 Å². The van der Waals surface area contributed by atoms with Gasteiger partial charge in [0.15, 0.2) is 0 Å². The van der Waals surface area contributed by atoms with Gasteiger partial charge in [0.25, 0.3) is 5.56 Å². The lowest BCUT2D eigenvalue weighted by Gasteiger charge is -2.11. The number of anilines is 1. The Morgan fingerprint density at radius 1 is 1.57 bits per heavy atom. The number of aromatic nitrogens is 1. The normalized spacial score (nSPS) is 10.6. The Hall–Kier alpha value is -0.960. The minimum absolute atomic E-state index is 0.0226. The molecule has 0 saturated carbocycles. The standard InChI is InChI=1S/C10H15ClN2O/c1-4-13-6-8(11)5-9(10(13)14)12-7(2)3/h5-7,12H,4H2,1-3H3. The third kappa shape index (κ3) is 2.51. The summed E-state index contributed by atoms with van der Waals surface area (Å²) in [7, 11) is 0. The summed E-state index contributed by atoms with van der Waals surface area (Å²) in [5.41, 5.74) is 0.542. The van der Waals surface area contributed by atoms with Crippen LogP contribution in [0.1, 0.15) is 20.8 Å². The lowest BCUT2D eigenvalue weighted by atomic mass is 10.3. The molecule has 78 valence electrons. The van der Waals surface area contributed by atoms with Crippen molar-refractivity contribution < 1.29 is 0 Å². The van der Waals surface area contributed by atoms with Gasteiger partial charge in [-0.15, -0.1) is 0 Å². The van der Waals surface area contributed by atoms with Gasteiger partial charge in [-0.2, -0.15) is 0 Å². The van der Waals surface area contributed by atoms with E-state index >= 15 is 0 Å². The molecule has 14 heavy (non-hydrogen) atoms. The molecule has 0 amide bonds. The van der Waals surface area contributed by atoms with E-state index in [9.17, 15) is 4.79 Å². The third-order valence-electron chi connectivity index (χ3n) is 1.84. The molecule has 1 aromatic rings. The highest BCUT2D eigenvalue weighted by Crippen LogP contribution is 2.11. The molecule has 1 rings (SSSR count). The van der Waals surface area contributed by atoms with Crippen LogP contribution in [0.25, 0.3) is 0 Å². The number of nitrogens with zero attached hydrogens (tertiary/aromatic N) is 1. The monoisotopic (exact) mass is 214 g/mol. The first-order valence-corrected chi connectivity index (χ1v) is 5.09. The maximum absolute atomic E-state index is 11.7. The molecule has 0 fully saturated rings. The minimum atomic E-state index is -0.0226. The highest BCUT2D eigenvalue weighted by molar-refractivity contribution is 6.30. The largest absolute Gasteiger partial charge is 0.378 e. The fourth-order valence-electron chi connectivity index (χ4n) is 1.25. The quantitative estimate of drug-likeness (QED) is 0.838. The molecule has 0 spiro atoms. The van der Waals surface area contributed by atoms with Gasteiger partial charge in [0, 0.05) is 18.8 Å². The van der Waals surface area contributed by atoms with Crippen molar-refractivity contribution in [3.8, 4) is 0 Å². The van der Waals surface area contributed by atoms with Crippen molar-refractivity contribution in [1.29, 1.82) is 0 Å². The molecule has 0 radical (unpaired) electrons. The van der Waals surface area contributed by atoms with Crippen molar-refractivity contribution in [2.75, 3.05) is 5.32 Å². The molecule has 1 heterocycles. The molecule has 0 atom stereocenters. The van der Waals surface area contributed by atoms with Crippen molar-refractivity contribution >= 4 is 17.3 Å². The number of halogens is 1. The fraction of sp³-hybridized carbons (Fsp3) is 0.500. The predicted octanol–water partition coefficient (Wildman–Crippen LogP) is 2.34. The lowest BCUT2D eigenvalue weighted by Crippen LogP contribution is -2.24. The summed E-state index contributed by atoms with van der Waals surface area (Å²) in [6.45, 7) is 6.51. The topological polar surface area (TPSA) is 34.0 Å². The van der Waals surface area contributed by atoms with Gasteiger partial charge in [0.1, 0.15) is 5.69 Å². The van der Waals surface area contributed by atoms with Gasteiger partial charge in [0.2, 0.25) is 0 Å². The zero-order chi connectivity index (χ0) is 10.7. The van der Waals surface area contributed by atoms with Gasteiger partial charge >= 0.3 is 0 Å². The SMILES string of the molecule is CCn1cc(Cl)cc(NC(C)C)c1=O. The van der Waals surface area contributed by atoms with Gasteiger partial charge in [-0.1, -0.05) is 11.6 Å². The Labute approximate surface area is 88.7 Å². The highest BCUT2D eigenvalue weighted by atomic mass is 35.5. The molecule has 3 nitrogen and oxygen atoms in total. The van der Waals surface area contributed by atoms with Crippen LogP contribution in [0.3, 0.4) is 0 Å². The molecular weight excluding hydrogens is 200 g/mol. The van der Waals surface area contributed by atoms with Crippen molar-refractivity contribution in [1.82, 2.24) is 4.57 Å². The molecule has 0 bridgehead atoms. The van der Waals surface area contributed by atoms with Crippen LogP contribution in [-0.4, -0.2) is 10.6 Å². The van der Waals surface area contributed by atoms with Crippen molar-refractivity contribution in [3.05, 3.63) is 27.6 Å². The van der Waals surface area contributed by atoms with Crippen molar-refractivity contribution in [3.63, 3.8) is 0 Å². The minimum Gasteiger partial charge on any atom is -0.378 e. The summed E-state index contributed by atoms with van der Waals surface area (Å²) in [5, 5.41) is 3.65. The molecule has 0 aliphatic rings. The van der Waals surface area contributed by atoms with E-state index in [0.29, 0.717) is 17.3 Å². The van der Waals surface area contributed by atoms with E-state index in [4.69, 9.17) is 11.6 Å². The summed E-state index contributed by atoms with van der Waals surface area (Å²) in [5.74, 6) is 0. The molecule has 4 heteroatoms. The van der Waals surface area contributed by atoms with E-state index in [-0.39, 0.29) is 11.6 Å². The van der Waals surface area contributed by atoms with Crippen LogP contribution < -0.4 is 10.9 Å². The second-order valence-electron chi connectivity index (χ2n) is 3.46. The van der Waals surface area contributed by atoms with Gasteiger partial charge in [-0.05, 0) is 26.8 Å². The number of aryl methyl sites for hydroxylation is 1. The molecular formula is C10H15ClN2O. The fourth-order valence-corrected chi connectivity index (χ4v) is 1.48. The van der Waals surface area contributed by atoms with E-state index in [1.165, 1.54) is 0 Å². The van der Waals surface area contributed by atoms with E-state index in [0.717, 1.165) is 0 Å². The summed E-state index contributed by atoms with van der Waals surface area (Å²) in [4.78, 5) is 11.7. The molecule has 0 unspecified atom stereocenters. The first kappa shape index (κ1) is 11.1. The number of rotatable bonds is 3. The Balaban J connectivity index is 3.16. The maximum Gasteiger partial charge on any atom is 0.273 e. The highest BCUT2D eigenvalue weighted by Gasteiger charge is 2.05. The van der Waals surface area contributed by atoms with Crippen LogP contribution in [0.5, 0.6) is 0 Å². The van der Waals surface area contributed by atoms with Crippen LogP contribution in [0.4, 0.5) is 5.69 Å². The second-order valence-corrected chi connectivity index (χ2v) is 3.90. The van der Waals surface area contributed by atoms with Crippen LogP contribution in [0.2, 0.25) is 5.02 Å². The average molecular weight is 215 g/mol. The smallest absolute Gasteiger partial charge is 0.273 e. The van der Waals surface area contributed by atoms with E-state index in [1.54, 1.807) is 16.8 Å². The Morgan fingerprint density at radius 3 is 2.71 bits per heavy atom. The predicted molar refractivity (Wildman–Crippen MR) is 60.1 cm³/mol. The first-order valence-electron chi connectivity index (χ1n) is 4.71. The number of nitrogens with one attached hydrogen (secondary N) is 1. The zero-order valence-corrected chi connectivity index (χ0v) is 9.43. The zero-order valence-electron chi connectivity index (χ0n) is 8.67. The molecule has 1 N–H and O–H groups in total. The summed E-state index contributed by atoms with van der Waals surface area (Å²) in [6, 6.07) is 1.89. The molecule has 0 aliphatic carbocycles. The molecule has 1 aromatic heterocycles. The van der Waals surface area contributed by atoms with Crippen LogP contribution >= 0.6 is 11.6 Å². The second kappa shape index (κ2) is 4.51. The van der Waals surface area contributed by atoms with Crippen LogP contribution in [0.15, 0.2) is 17.1 Å². The summed E-state index contributed by atoms with van der Waals surface area (Å²) in [6.07, 6.45) is 1.65. The van der Waals surface area contributed by atoms with Gasteiger partial charge in [-0.3, -0.25) is 4.79 Å². The Kier molecular flexibility index (Phi) is 3.58. The Morgan fingerprint density at radius 2 is 2.21 bits per heavy atom. The van der Waals surface area contributed by atoms with Gasteiger partial charge in [-0.25, -0.2) is 0 Å². The summed E-state index contributed by atoms with van der Waals surface area (Å²) >= 11 is 5.88. The van der Waals surface area contributed by atoms with Crippen LogP contribution in [-0.2, 0) is 6.54 Å².